The molecule has 0 bridgehead atoms. The van der Waals surface area contributed by atoms with Crippen LogP contribution in [0.4, 0.5) is 49.6 Å². The van der Waals surface area contributed by atoms with Crippen LogP contribution < -0.4 is 5.32 Å². The molecule has 0 aliphatic heterocycles. The van der Waals surface area contributed by atoms with Crippen LogP contribution in [0.1, 0.15) is 44.1 Å². The summed E-state index contributed by atoms with van der Waals surface area (Å²) in [5.74, 6) is -9.45. The lowest BCUT2D eigenvalue weighted by atomic mass is 9.98. The Balaban J connectivity index is 1.56. The van der Waals surface area contributed by atoms with Crippen molar-refractivity contribution in [2.45, 2.75) is 41.9 Å². The zero-order chi connectivity index (χ0) is 34.5. The summed E-state index contributed by atoms with van der Waals surface area (Å²) >= 11 is 18.3. The molecule has 246 valence electrons. The standard InChI is InChI=1S/C29H16Cl3F10NO3/c30-18-3-2-15(9-16(18)20(44)7-11-1-4-19(33)17(24(11)34)10-21(45)25(35)36)43-26(46)23-22(27(23,31)32)12-5-13(28(37,38)39)8-14(6-12)29(40,41)42/h1-6,8-9,22-23,25H,7,10H2,(H,43,46). The van der Waals surface area contributed by atoms with Crippen molar-refractivity contribution < 1.29 is 58.3 Å². The van der Waals surface area contributed by atoms with E-state index < -0.39 is 105 Å². The van der Waals surface area contributed by atoms with E-state index in [1.54, 1.807) is 0 Å². The first-order chi connectivity index (χ1) is 21.1. The van der Waals surface area contributed by atoms with Gasteiger partial charge in [-0.1, -0.05) is 17.7 Å². The van der Waals surface area contributed by atoms with E-state index in [-0.39, 0.29) is 22.3 Å². The Morgan fingerprint density at radius 2 is 1.43 bits per heavy atom. The molecular formula is C29H16Cl3F10NO3. The van der Waals surface area contributed by atoms with Crippen LogP contribution in [0.25, 0.3) is 0 Å². The van der Waals surface area contributed by atoms with Crippen LogP contribution in [0.15, 0.2) is 48.5 Å². The fraction of sp³-hybridized carbons (Fsp3) is 0.276. The van der Waals surface area contributed by atoms with Crippen LogP contribution in [0, 0.1) is 17.6 Å². The van der Waals surface area contributed by atoms with Gasteiger partial charge in [0.05, 0.1) is 22.1 Å². The minimum atomic E-state index is -5.17. The Labute approximate surface area is 267 Å². The molecule has 0 saturated heterocycles. The number of carbonyl (C=O) groups excluding carboxylic acids is 3. The summed E-state index contributed by atoms with van der Waals surface area (Å²) in [6.45, 7) is 0. The summed E-state index contributed by atoms with van der Waals surface area (Å²) < 4.78 is 132. The van der Waals surface area contributed by atoms with Gasteiger partial charge in [0.25, 0.3) is 6.43 Å². The molecule has 1 N–H and O–H groups in total. The summed E-state index contributed by atoms with van der Waals surface area (Å²) in [6, 6.07) is 5.54. The second kappa shape index (κ2) is 12.7. The average Bonchev–Trinajstić information content (AvgIpc) is 3.53. The van der Waals surface area contributed by atoms with Gasteiger partial charge < -0.3 is 5.32 Å². The third-order valence-electron chi connectivity index (χ3n) is 7.05. The number of carbonyl (C=O) groups is 3. The monoisotopic (exact) mass is 721 g/mol. The third-order valence-corrected chi connectivity index (χ3v) is 8.32. The molecule has 1 amide bonds. The van der Waals surface area contributed by atoms with E-state index in [0.717, 1.165) is 18.2 Å². The Morgan fingerprint density at radius 1 is 0.848 bits per heavy atom. The van der Waals surface area contributed by atoms with Gasteiger partial charge in [0, 0.05) is 35.6 Å². The van der Waals surface area contributed by atoms with E-state index in [1.165, 1.54) is 6.07 Å². The molecule has 0 aromatic heterocycles. The van der Waals surface area contributed by atoms with E-state index in [2.05, 4.69) is 5.32 Å². The molecule has 1 aliphatic carbocycles. The van der Waals surface area contributed by atoms with Crippen LogP contribution in [-0.2, 0) is 34.8 Å². The van der Waals surface area contributed by atoms with Crippen molar-refractivity contribution in [2.75, 3.05) is 5.32 Å². The molecular weight excluding hydrogens is 707 g/mol. The van der Waals surface area contributed by atoms with Gasteiger partial charge in [0.15, 0.2) is 5.78 Å². The molecule has 4 rings (SSSR count). The Kier molecular flexibility index (Phi) is 9.79. The molecule has 4 nitrogen and oxygen atoms in total. The number of rotatable bonds is 9. The zero-order valence-electron chi connectivity index (χ0n) is 22.4. The molecule has 1 fully saturated rings. The highest BCUT2D eigenvalue weighted by atomic mass is 35.5. The summed E-state index contributed by atoms with van der Waals surface area (Å²) in [7, 11) is 0. The van der Waals surface area contributed by atoms with Gasteiger partial charge in [0.1, 0.15) is 16.0 Å². The topological polar surface area (TPSA) is 63.2 Å². The van der Waals surface area contributed by atoms with Crippen LogP contribution in [0.2, 0.25) is 5.02 Å². The smallest absolute Gasteiger partial charge is 0.326 e. The number of benzene rings is 3. The van der Waals surface area contributed by atoms with Crippen molar-refractivity contribution in [1.29, 1.82) is 0 Å². The fourth-order valence-corrected chi connectivity index (χ4v) is 5.78. The first-order valence-corrected chi connectivity index (χ1v) is 13.8. The lowest BCUT2D eigenvalue weighted by molar-refractivity contribution is -0.143. The maximum absolute atomic E-state index is 14.9. The molecule has 3 aromatic carbocycles. The number of hydrogen-bond donors (Lipinski definition) is 1. The summed E-state index contributed by atoms with van der Waals surface area (Å²) in [4.78, 5) is 37.4. The molecule has 46 heavy (non-hydrogen) atoms. The van der Waals surface area contributed by atoms with Gasteiger partial charge in [-0.2, -0.15) is 26.3 Å². The van der Waals surface area contributed by atoms with Gasteiger partial charge in [-0.3, -0.25) is 14.4 Å². The van der Waals surface area contributed by atoms with Crippen molar-refractivity contribution >= 4 is 58.0 Å². The van der Waals surface area contributed by atoms with Gasteiger partial charge in [-0.05, 0) is 53.6 Å². The SMILES string of the molecule is O=C(Cc1ccc(F)c(CC(=O)C(F)F)c1F)c1cc(NC(=O)C2C(c3cc(C(F)(F)F)cc(C(F)(F)F)c3)C2(Cl)Cl)ccc1Cl. The van der Waals surface area contributed by atoms with Crippen molar-refractivity contribution in [3.8, 4) is 0 Å². The highest BCUT2D eigenvalue weighted by molar-refractivity contribution is 6.53. The first kappa shape index (κ1) is 35.5. The maximum Gasteiger partial charge on any atom is 0.416 e. The lowest BCUT2D eigenvalue weighted by Crippen LogP contribution is -2.18. The van der Waals surface area contributed by atoms with Crippen LogP contribution >= 0.6 is 34.8 Å². The van der Waals surface area contributed by atoms with Gasteiger partial charge in [-0.15, -0.1) is 23.2 Å². The Morgan fingerprint density at radius 3 is 1.98 bits per heavy atom. The number of Topliss-reactive ketones (excluding diaryl/α,β-unsaturated/α-hetero) is 2. The quantitative estimate of drug-likeness (QED) is 0.136. The largest absolute Gasteiger partial charge is 0.416 e. The molecule has 1 saturated carbocycles. The van der Waals surface area contributed by atoms with E-state index in [4.69, 9.17) is 34.8 Å². The highest BCUT2D eigenvalue weighted by Gasteiger charge is 2.68. The number of hydrogen-bond acceptors (Lipinski definition) is 3. The second-order valence-corrected chi connectivity index (χ2v) is 12.0. The van der Waals surface area contributed by atoms with Crippen LogP contribution in [-0.4, -0.2) is 28.2 Å². The predicted octanol–water partition coefficient (Wildman–Crippen LogP) is 8.98. The van der Waals surface area contributed by atoms with Crippen molar-refractivity contribution in [3.05, 3.63) is 98.6 Å². The lowest BCUT2D eigenvalue weighted by Gasteiger charge is -2.14. The van der Waals surface area contributed by atoms with Crippen molar-refractivity contribution in [2.24, 2.45) is 5.92 Å². The number of alkyl halides is 10. The summed E-state index contributed by atoms with van der Waals surface area (Å²) in [6.07, 6.45) is -15.9. The molecule has 1 aliphatic rings. The van der Waals surface area contributed by atoms with E-state index in [0.29, 0.717) is 18.2 Å². The van der Waals surface area contributed by atoms with Gasteiger partial charge in [0.2, 0.25) is 11.7 Å². The average molecular weight is 723 g/mol. The predicted molar refractivity (Wildman–Crippen MR) is 146 cm³/mol. The van der Waals surface area contributed by atoms with Gasteiger partial charge in [-0.25, -0.2) is 17.6 Å². The van der Waals surface area contributed by atoms with E-state index in [9.17, 15) is 58.3 Å². The molecule has 2 unspecified atom stereocenters. The Bertz CT molecular complexity index is 1690. The molecule has 2 atom stereocenters. The normalized spacial score (nSPS) is 17.6. The zero-order valence-corrected chi connectivity index (χ0v) is 24.7. The van der Waals surface area contributed by atoms with Crippen molar-refractivity contribution in [1.82, 2.24) is 0 Å². The van der Waals surface area contributed by atoms with E-state index in [1.807, 2.05) is 0 Å². The summed E-state index contributed by atoms with van der Waals surface area (Å²) in [5.41, 5.74) is -5.81. The number of anilines is 1. The minimum absolute atomic E-state index is 0.0983. The van der Waals surface area contributed by atoms with E-state index >= 15 is 0 Å². The summed E-state index contributed by atoms with van der Waals surface area (Å²) in [5, 5.41) is 2.09. The minimum Gasteiger partial charge on any atom is -0.326 e. The highest BCUT2D eigenvalue weighted by Crippen LogP contribution is 2.65. The number of ketones is 2. The van der Waals surface area contributed by atoms with Gasteiger partial charge >= 0.3 is 12.4 Å². The van der Waals surface area contributed by atoms with Crippen LogP contribution in [0.3, 0.4) is 0 Å². The van der Waals surface area contributed by atoms with Crippen LogP contribution in [0.5, 0.6) is 0 Å². The maximum atomic E-state index is 14.9. The Hall–Kier alpha value is -3.36. The second-order valence-electron chi connectivity index (χ2n) is 10.2. The molecule has 3 aromatic rings. The number of amides is 1. The molecule has 17 heteroatoms. The molecule has 0 heterocycles. The number of halogens is 13. The van der Waals surface area contributed by atoms with Crippen molar-refractivity contribution in [3.63, 3.8) is 0 Å². The fourth-order valence-electron chi connectivity index (χ4n) is 4.73. The number of nitrogens with one attached hydrogen (secondary N) is 1. The first-order valence-electron chi connectivity index (χ1n) is 12.7. The third kappa shape index (κ3) is 7.44. The molecule has 0 radical (unpaired) electrons. The molecule has 0 spiro atoms.